The van der Waals surface area contributed by atoms with E-state index in [2.05, 4.69) is 19.6 Å². The van der Waals surface area contributed by atoms with E-state index < -0.39 is 0 Å². The first-order valence-electron chi connectivity index (χ1n) is 3.96. The summed E-state index contributed by atoms with van der Waals surface area (Å²) in [5, 5.41) is 0. The fourth-order valence-electron chi connectivity index (χ4n) is 0.733. The molecule has 11 heavy (non-hydrogen) atoms. The molecule has 0 spiro atoms. The molecule has 0 aromatic rings. The Hall–Kier alpha value is -1.04. The lowest BCUT2D eigenvalue weighted by Gasteiger charge is -1.91. The summed E-state index contributed by atoms with van der Waals surface area (Å²) in [6, 6.07) is 0. The predicted molar refractivity (Wildman–Crippen MR) is 52.5 cm³/mol. The number of hydrogen-bond donors (Lipinski definition) is 0. The quantitative estimate of drug-likeness (QED) is 0.534. The van der Waals surface area contributed by atoms with Crippen molar-refractivity contribution in [2.75, 3.05) is 0 Å². The molecule has 0 saturated carbocycles. The van der Waals surface area contributed by atoms with Crippen molar-refractivity contribution in [1.29, 1.82) is 0 Å². The Morgan fingerprint density at radius 3 is 2.55 bits per heavy atom. The van der Waals surface area contributed by atoms with Gasteiger partial charge in [0.2, 0.25) is 0 Å². The molecule has 0 heterocycles. The van der Waals surface area contributed by atoms with Crippen LogP contribution in [0.5, 0.6) is 0 Å². The van der Waals surface area contributed by atoms with Gasteiger partial charge >= 0.3 is 0 Å². The normalized spacial score (nSPS) is 13.1. The Morgan fingerprint density at radius 2 is 2.09 bits per heavy atom. The average molecular weight is 148 g/mol. The maximum absolute atomic E-state index is 3.65. The lowest BCUT2D eigenvalue weighted by molar-refractivity contribution is 1.15. The molecule has 0 heteroatoms. The molecular weight excluding hydrogens is 132 g/mol. The SMILES string of the molecule is C=CC=C(C=CC=CC)CC. The van der Waals surface area contributed by atoms with Crippen molar-refractivity contribution in [2.24, 2.45) is 0 Å². The van der Waals surface area contributed by atoms with Crippen LogP contribution in [0.2, 0.25) is 0 Å². The lowest BCUT2D eigenvalue weighted by atomic mass is 10.2. The molecule has 0 aliphatic heterocycles. The highest BCUT2D eigenvalue weighted by molar-refractivity contribution is 5.24. The highest BCUT2D eigenvalue weighted by Crippen LogP contribution is 2.02. The Labute approximate surface area is 69.6 Å². The number of rotatable bonds is 4. The zero-order valence-electron chi connectivity index (χ0n) is 7.38. The fourth-order valence-corrected chi connectivity index (χ4v) is 0.733. The largest absolute Gasteiger partial charge is 0.0991 e. The Morgan fingerprint density at radius 1 is 1.36 bits per heavy atom. The first-order chi connectivity index (χ1) is 5.35. The molecule has 0 aromatic carbocycles. The summed E-state index contributed by atoms with van der Waals surface area (Å²) >= 11 is 0. The summed E-state index contributed by atoms with van der Waals surface area (Å²) in [5.74, 6) is 0. The van der Waals surface area contributed by atoms with Crippen molar-refractivity contribution in [1.82, 2.24) is 0 Å². The van der Waals surface area contributed by atoms with Crippen molar-refractivity contribution in [3.8, 4) is 0 Å². The van der Waals surface area contributed by atoms with E-state index in [4.69, 9.17) is 0 Å². The van der Waals surface area contributed by atoms with E-state index in [1.807, 2.05) is 37.3 Å². The molecule has 0 saturated heterocycles. The summed E-state index contributed by atoms with van der Waals surface area (Å²) in [6.07, 6.45) is 13.1. The van der Waals surface area contributed by atoms with E-state index in [9.17, 15) is 0 Å². The van der Waals surface area contributed by atoms with Gasteiger partial charge in [-0.25, -0.2) is 0 Å². The van der Waals surface area contributed by atoms with Crippen LogP contribution in [0.3, 0.4) is 0 Å². The second-order valence-electron chi connectivity index (χ2n) is 2.22. The van der Waals surface area contributed by atoms with Crippen molar-refractivity contribution in [2.45, 2.75) is 20.3 Å². The summed E-state index contributed by atoms with van der Waals surface area (Å²) in [5.41, 5.74) is 1.30. The standard InChI is InChI=1S/C11H16/c1-4-7-8-10-11(6-3)9-5-2/h4-5,7-10H,2,6H2,1,3H3. The number of allylic oxidation sites excluding steroid dienone is 7. The van der Waals surface area contributed by atoms with E-state index in [0.717, 1.165) is 6.42 Å². The number of hydrogen-bond acceptors (Lipinski definition) is 0. The third-order valence-corrected chi connectivity index (χ3v) is 1.35. The van der Waals surface area contributed by atoms with Gasteiger partial charge in [-0.15, -0.1) is 0 Å². The molecular formula is C11H16. The Bertz CT molecular complexity index is 180. The maximum atomic E-state index is 3.65. The van der Waals surface area contributed by atoms with Gasteiger partial charge in [-0.2, -0.15) is 0 Å². The van der Waals surface area contributed by atoms with Crippen LogP contribution in [0.25, 0.3) is 0 Å². The topological polar surface area (TPSA) is 0 Å². The summed E-state index contributed by atoms with van der Waals surface area (Å²) in [7, 11) is 0. The Kier molecular flexibility index (Phi) is 6.40. The zero-order chi connectivity index (χ0) is 8.53. The van der Waals surface area contributed by atoms with Crippen molar-refractivity contribution >= 4 is 0 Å². The van der Waals surface area contributed by atoms with Gasteiger partial charge in [0.05, 0.1) is 0 Å². The van der Waals surface area contributed by atoms with Crippen LogP contribution in [0.4, 0.5) is 0 Å². The van der Waals surface area contributed by atoms with Gasteiger partial charge < -0.3 is 0 Å². The van der Waals surface area contributed by atoms with Gasteiger partial charge in [-0.05, 0) is 18.9 Å². The van der Waals surface area contributed by atoms with Crippen molar-refractivity contribution in [3.63, 3.8) is 0 Å². The highest BCUT2D eigenvalue weighted by Gasteiger charge is 1.81. The third kappa shape index (κ3) is 5.41. The van der Waals surface area contributed by atoms with Gasteiger partial charge in [-0.3, -0.25) is 0 Å². The van der Waals surface area contributed by atoms with E-state index in [0.29, 0.717) is 0 Å². The molecule has 0 N–H and O–H groups in total. The molecule has 0 radical (unpaired) electrons. The van der Waals surface area contributed by atoms with E-state index in [-0.39, 0.29) is 0 Å². The van der Waals surface area contributed by atoms with Gasteiger partial charge in [0.1, 0.15) is 0 Å². The van der Waals surface area contributed by atoms with Crippen LogP contribution in [0.15, 0.2) is 48.6 Å². The van der Waals surface area contributed by atoms with E-state index >= 15 is 0 Å². The van der Waals surface area contributed by atoms with Crippen LogP contribution in [-0.4, -0.2) is 0 Å². The lowest BCUT2D eigenvalue weighted by Crippen LogP contribution is -1.71. The monoisotopic (exact) mass is 148 g/mol. The maximum Gasteiger partial charge on any atom is -0.0307 e. The van der Waals surface area contributed by atoms with Gasteiger partial charge in [0.25, 0.3) is 0 Å². The van der Waals surface area contributed by atoms with Crippen LogP contribution in [-0.2, 0) is 0 Å². The first-order valence-corrected chi connectivity index (χ1v) is 3.96. The van der Waals surface area contributed by atoms with Crippen LogP contribution in [0.1, 0.15) is 20.3 Å². The van der Waals surface area contributed by atoms with Crippen molar-refractivity contribution in [3.05, 3.63) is 48.6 Å². The summed E-state index contributed by atoms with van der Waals surface area (Å²) in [6.45, 7) is 7.79. The molecule has 0 bridgehead atoms. The minimum atomic E-state index is 1.06. The summed E-state index contributed by atoms with van der Waals surface area (Å²) < 4.78 is 0. The van der Waals surface area contributed by atoms with Crippen LogP contribution in [0, 0.1) is 0 Å². The van der Waals surface area contributed by atoms with Gasteiger partial charge in [0, 0.05) is 0 Å². The fraction of sp³-hybridized carbons (Fsp3) is 0.273. The molecule has 0 atom stereocenters. The Balaban J connectivity index is 4.07. The molecule has 0 amide bonds. The molecule has 60 valence electrons. The minimum absolute atomic E-state index is 1.06. The molecule has 0 fully saturated rings. The van der Waals surface area contributed by atoms with Gasteiger partial charge in [-0.1, -0.05) is 50.0 Å². The zero-order valence-corrected chi connectivity index (χ0v) is 7.38. The summed E-state index contributed by atoms with van der Waals surface area (Å²) in [4.78, 5) is 0. The second kappa shape index (κ2) is 7.07. The van der Waals surface area contributed by atoms with Crippen LogP contribution < -0.4 is 0 Å². The second-order valence-corrected chi connectivity index (χ2v) is 2.22. The van der Waals surface area contributed by atoms with Crippen molar-refractivity contribution < 1.29 is 0 Å². The molecule has 0 aliphatic carbocycles. The molecule has 0 aromatic heterocycles. The molecule has 0 unspecified atom stereocenters. The van der Waals surface area contributed by atoms with Crippen LogP contribution >= 0.6 is 0 Å². The molecule has 0 aliphatic rings. The molecule has 0 rings (SSSR count). The van der Waals surface area contributed by atoms with Gasteiger partial charge in [0.15, 0.2) is 0 Å². The predicted octanol–water partition coefficient (Wildman–Crippen LogP) is 3.64. The smallest absolute Gasteiger partial charge is 0.0307 e. The minimum Gasteiger partial charge on any atom is -0.0991 e. The first kappa shape index (κ1) is 9.96. The highest BCUT2D eigenvalue weighted by atomic mass is 13.9. The van der Waals surface area contributed by atoms with E-state index in [1.54, 1.807) is 0 Å². The average Bonchev–Trinajstić information content (AvgIpc) is 2.03. The van der Waals surface area contributed by atoms with E-state index in [1.165, 1.54) is 5.57 Å². The third-order valence-electron chi connectivity index (χ3n) is 1.35. The molecule has 0 nitrogen and oxygen atoms in total.